The Morgan fingerprint density at radius 3 is 2.14 bits per heavy atom. The lowest BCUT2D eigenvalue weighted by atomic mass is 10.1. The van der Waals surface area contributed by atoms with E-state index in [1.807, 2.05) is 13.0 Å². The Hall–Kier alpha value is -3.46. The van der Waals surface area contributed by atoms with Crippen LogP contribution < -0.4 is 0 Å². The molecule has 1 aliphatic rings. The van der Waals surface area contributed by atoms with E-state index in [1.54, 1.807) is 72.8 Å². The van der Waals surface area contributed by atoms with Crippen molar-refractivity contribution in [2.75, 3.05) is 0 Å². The highest BCUT2D eigenvalue weighted by atomic mass is 79.9. The first-order valence-corrected chi connectivity index (χ1v) is 14.0. The Morgan fingerprint density at radius 1 is 0.838 bits per heavy atom. The van der Waals surface area contributed by atoms with Crippen molar-refractivity contribution in [2.24, 2.45) is 0 Å². The summed E-state index contributed by atoms with van der Waals surface area (Å²) in [6.45, 7) is 1.78. The van der Waals surface area contributed by atoms with Gasteiger partial charge in [0.2, 0.25) is 0 Å². The molecule has 0 unspecified atom stereocenters. The third-order valence-corrected chi connectivity index (χ3v) is 9.01. The molecule has 0 saturated carbocycles. The number of amides is 2. The zero-order chi connectivity index (χ0) is 26.1. The quantitative estimate of drug-likeness (QED) is 0.221. The summed E-state index contributed by atoms with van der Waals surface area (Å²) >= 11 is 9.84. The minimum absolute atomic E-state index is 0.101. The van der Waals surface area contributed by atoms with Crippen molar-refractivity contribution in [3.8, 4) is 0 Å². The van der Waals surface area contributed by atoms with Crippen LogP contribution in [0.3, 0.4) is 0 Å². The van der Waals surface area contributed by atoms with Gasteiger partial charge in [-0.1, -0.05) is 57.4 Å². The number of nitrogens with zero attached hydrogens (tertiary/aromatic N) is 2. The summed E-state index contributed by atoms with van der Waals surface area (Å²) in [4.78, 5) is 27.5. The smallest absolute Gasteiger partial charge is 0.268 e. The maximum absolute atomic E-state index is 14.1. The minimum atomic E-state index is -4.06. The van der Waals surface area contributed by atoms with Crippen LogP contribution >= 0.6 is 27.5 Å². The molecule has 0 bridgehead atoms. The molecule has 0 aliphatic carbocycles. The molecule has 4 aromatic carbocycles. The number of fused-ring (bicyclic) bond motifs is 4. The number of imide groups is 1. The molecule has 0 fully saturated rings. The average Bonchev–Trinajstić information content (AvgIpc) is 3.32. The molecule has 5 aromatic rings. The summed E-state index contributed by atoms with van der Waals surface area (Å²) in [5, 5.41) is 1.73. The predicted octanol–water partition coefficient (Wildman–Crippen LogP) is 6.55. The van der Waals surface area contributed by atoms with Crippen LogP contribution in [0.2, 0.25) is 5.02 Å². The van der Waals surface area contributed by atoms with Crippen LogP contribution in [-0.4, -0.2) is 29.1 Å². The molecule has 2 heterocycles. The molecule has 2 amide bonds. The van der Waals surface area contributed by atoms with Gasteiger partial charge in [-0.25, -0.2) is 12.4 Å². The molecule has 9 heteroatoms. The van der Waals surface area contributed by atoms with E-state index >= 15 is 0 Å². The monoisotopic (exact) mass is 592 g/mol. The number of carbonyl (C=O) groups is 2. The zero-order valence-corrected chi connectivity index (χ0v) is 22.6. The van der Waals surface area contributed by atoms with Crippen LogP contribution in [0.15, 0.2) is 88.2 Å². The highest BCUT2D eigenvalue weighted by Crippen LogP contribution is 2.39. The van der Waals surface area contributed by atoms with E-state index in [0.717, 1.165) is 10.5 Å². The first kappa shape index (κ1) is 23.9. The summed E-state index contributed by atoms with van der Waals surface area (Å²) < 4.78 is 30.1. The normalized spacial score (nSPS) is 13.6. The lowest BCUT2D eigenvalue weighted by molar-refractivity contribution is 0.0643. The molecule has 0 saturated heterocycles. The van der Waals surface area contributed by atoms with Gasteiger partial charge in [0, 0.05) is 20.3 Å². The number of hydrogen-bond acceptors (Lipinski definition) is 4. The van der Waals surface area contributed by atoms with Crippen LogP contribution in [0.25, 0.3) is 21.8 Å². The molecule has 1 aliphatic heterocycles. The van der Waals surface area contributed by atoms with Gasteiger partial charge in [0.25, 0.3) is 21.8 Å². The molecule has 37 heavy (non-hydrogen) atoms. The fourth-order valence-corrected chi connectivity index (χ4v) is 7.10. The largest absolute Gasteiger partial charge is 0.270 e. The second-order valence-corrected chi connectivity index (χ2v) is 12.1. The van der Waals surface area contributed by atoms with Gasteiger partial charge >= 0.3 is 0 Å². The molecule has 0 radical (unpaired) electrons. The van der Waals surface area contributed by atoms with Crippen LogP contribution in [0.4, 0.5) is 0 Å². The Balaban J connectivity index is 1.63. The van der Waals surface area contributed by atoms with Gasteiger partial charge in [-0.3, -0.25) is 14.5 Å². The van der Waals surface area contributed by atoms with Crippen molar-refractivity contribution in [2.45, 2.75) is 18.4 Å². The Kier molecular flexibility index (Phi) is 5.52. The van der Waals surface area contributed by atoms with Crippen molar-refractivity contribution >= 4 is 71.2 Å². The topological polar surface area (TPSA) is 76.5 Å². The fraction of sp³-hybridized carbons (Fsp3) is 0.0714. The second-order valence-electron chi connectivity index (χ2n) is 8.95. The van der Waals surface area contributed by atoms with Crippen molar-refractivity contribution in [1.29, 1.82) is 0 Å². The minimum Gasteiger partial charge on any atom is -0.270 e. The standard InChI is InChI=1S/C28H18BrClN2O4S/c1-16-6-9-20(10-7-16)37(35,36)32-25-11-8-19(30)14-23(25)24-13-18(29)12-17(26(24)32)15-31-27(33)21-4-2-3-5-22(21)28(31)34/h2-14H,15H2,1H3. The van der Waals surface area contributed by atoms with Crippen molar-refractivity contribution in [3.63, 3.8) is 0 Å². The van der Waals surface area contributed by atoms with Crippen molar-refractivity contribution < 1.29 is 18.0 Å². The third-order valence-electron chi connectivity index (χ3n) is 6.59. The van der Waals surface area contributed by atoms with E-state index in [2.05, 4.69) is 15.9 Å². The van der Waals surface area contributed by atoms with E-state index in [4.69, 9.17) is 11.6 Å². The highest BCUT2D eigenvalue weighted by molar-refractivity contribution is 9.10. The van der Waals surface area contributed by atoms with Gasteiger partial charge in [-0.15, -0.1) is 0 Å². The van der Waals surface area contributed by atoms with E-state index < -0.39 is 21.8 Å². The van der Waals surface area contributed by atoms with Crippen LogP contribution in [-0.2, 0) is 16.6 Å². The molecular weight excluding hydrogens is 576 g/mol. The maximum atomic E-state index is 14.1. The number of benzene rings is 4. The third kappa shape index (κ3) is 3.70. The van der Waals surface area contributed by atoms with Crippen molar-refractivity contribution in [3.05, 3.63) is 111 Å². The predicted molar refractivity (Wildman–Crippen MR) is 147 cm³/mol. The van der Waals surface area contributed by atoms with E-state index in [0.29, 0.717) is 48.0 Å². The van der Waals surface area contributed by atoms with E-state index in [1.165, 1.54) is 3.97 Å². The second kappa shape index (κ2) is 8.55. The van der Waals surface area contributed by atoms with Gasteiger partial charge in [-0.2, -0.15) is 0 Å². The van der Waals surface area contributed by atoms with Gasteiger partial charge in [0.05, 0.1) is 33.6 Å². The van der Waals surface area contributed by atoms with E-state index in [9.17, 15) is 18.0 Å². The molecule has 6 rings (SSSR count). The molecule has 0 atom stereocenters. The number of rotatable bonds is 4. The summed E-state index contributed by atoms with van der Waals surface area (Å²) in [5.74, 6) is -0.832. The summed E-state index contributed by atoms with van der Waals surface area (Å²) in [7, 11) is -4.06. The van der Waals surface area contributed by atoms with E-state index in [-0.39, 0.29) is 11.4 Å². The van der Waals surface area contributed by atoms with Crippen LogP contribution in [0, 0.1) is 6.92 Å². The zero-order valence-electron chi connectivity index (χ0n) is 19.4. The van der Waals surface area contributed by atoms with Crippen molar-refractivity contribution in [1.82, 2.24) is 8.87 Å². The lowest BCUT2D eigenvalue weighted by Crippen LogP contribution is -2.29. The van der Waals surface area contributed by atoms with Gasteiger partial charge < -0.3 is 0 Å². The number of halogens is 2. The Labute approximate surface area is 226 Å². The summed E-state index contributed by atoms with van der Waals surface area (Å²) in [6, 6.07) is 21.9. The number of hydrogen-bond donors (Lipinski definition) is 0. The summed E-state index contributed by atoms with van der Waals surface area (Å²) in [5.41, 5.74) is 2.93. The van der Waals surface area contributed by atoms with Gasteiger partial charge in [0.15, 0.2) is 0 Å². The SMILES string of the molecule is Cc1ccc(S(=O)(=O)n2c3ccc(Cl)cc3c3cc(Br)cc(CN4C(=O)c5ccccc5C4=O)c32)cc1. The molecule has 184 valence electrons. The first-order chi connectivity index (χ1) is 17.7. The molecule has 6 nitrogen and oxygen atoms in total. The fourth-order valence-electron chi connectivity index (χ4n) is 4.86. The molecule has 0 spiro atoms. The summed E-state index contributed by atoms with van der Waals surface area (Å²) in [6.07, 6.45) is 0. The average molecular weight is 594 g/mol. The lowest BCUT2D eigenvalue weighted by Gasteiger charge is -2.17. The van der Waals surface area contributed by atoms with Crippen LogP contribution in [0.1, 0.15) is 31.8 Å². The number of aryl methyl sites for hydroxylation is 1. The number of aromatic nitrogens is 1. The number of carbonyl (C=O) groups excluding carboxylic acids is 2. The Bertz CT molecular complexity index is 1860. The van der Waals surface area contributed by atoms with Gasteiger partial charge in [0.1, 0.15) is 0 Å². The maximum Gasteiger partial charge on any atom is 0.268 e. The molecule has 1 aromatic heterocycles. The van der Waals surface area contributed by atoms with Gasteiger partial charge in [-0.05, 0) is 67.1 Å². The Morgan fingerprint density at radius 2 is 1.49 bits per heavy atom. The highest BCUT2D eigenvalue weighted by Gasteiger charge is 2.36. The van der Waals surface area contributed by atoms with Crippen LogP contribution in [0.5, 0.6) is 0 Å². The molecule has 0 N–H and O–H groups in total. The molecular formula is C28H18BrClN2O4S. The first-order valence-electron chi connectivity index (χ1n) is 11.4.